The van der Waals surface area contributed by atoms with Crippen molar-refractivity contribution in [3.63, 3.8) is 0 Å². The molecule has 2 aromatic heterocycles. The number of ketones is 1. The van der Waals surface area contributed by atoms with Gasteiger partial charge in [-0.25, -0.2) is 4.98 Å². The molecule has 0 saturated carbocycles. The molecule has 0 aliphatic heterocycles. The molecule has 0 atom stereocenters. The van der Waals surface area contributed by atoms with Crippen LogP contribution in [0.2, 0.25) is 0 Å². The molecule has 0 aromatic carbocycles. The second-order valence-corrected chi connectivity index (χ2v) is 4.15. The highest BCUT2D eigenvalue weighted by molar-refractivity contribution is 9.10. The molecule has 15 heavy (non-hydrogen) atoms. The Kier molecular flexibility index (Phi) is 2.61. The fourth-order valence-corrected chi connectivity index (χ4v) is 2.09. The van der Waals surface area contributed by atoms with Gasteiger partial charge in [-0.3, -0.25) is 4.79 Å². The maximum Gasteiger partial charge on any atom is 0.159 e. The van der Waals surface area contributed by atoms with Gasteiger partial charge in [-0.1, -0.05) is 6.92 Å². The third-order valence-corrected chi connectivity index (χ3v) is 2.98. The van der Waals surface area contributed by atoms with Crippen LogP contribution in [0, 0.1) is 0 Å². The summed E-state index contributed by atoms with van der Waals surface area (Å²) in [6, 6.07) is 3.68. The normalized spacial score (nSPS) is 10.9. The van der Waals surface area contributed by atoms with Gasteiger partial charge in [0.05, 0.1) is 5.52 Å². The standard InChI is InChI=1S/C11H11BrN2O/c1-3-10-13-11(12)9-6-8(7(2)15)4-5-14(9)10/h4-6H,3H2,1-2H3. The van der Waals surface area contributed by atoms with Crippen molar-refractivity contribution >= 4 is 27.2 Å². The van der Waals surface area contributed by atoms with Crippen molar-refractivity contribution < 1.29 is 4.79 Å². The first-order valence-corrected chi connectivity index (χ1v) is 5.60. The minimum absolute atomic E-state index is 0.0728. The predicted octanol–water partition coefficient (Wildman–Crippen LogP) is 2.86. The van der Waals surface area contributed by atoms with E-state index in [2.05, 4.69) is 27.8 Å². The molecule has 0 spiro atoms. The lowest BCUT2D eigenvalue weighted by molar-refractivity contribution is 0.101. The summed E-state index contributed by atoms with van der Waals surface area (Å²) in [5.41, 5.74) is 1.66. The van der Waals surface area contributed by atoms with Crippen molar-refractivity contribution in [2.45, 2.75) is 20.3 Å². The first kappa shape index (κ1) is 10.4. The highest BCUT2D eigenvalue weighted by Gasteiger charge is 2.09. The van der Waals surface area contributed by atoms with Gasteiger partial charge >= 0.3 is 0 Å². The van der Waals surface area contributed by atoms with Gasteiger partial charge in [0, 0.05) is 18.2 Å². The molecular formula is C11H11BrN2O. The number of imidazole rings is 1. The van der Waals surface area contributed by atoms with E-state index in [0.29, 0.717) is 5.56 Å². The lowest BCUT2D eigenvalue weighted by atomic mass is 10.2. The third-order valence-electron chi connectivity index (χ3n) is 2.39. The number of pyridine rings is 1. The molecule has 0 fully saturated rings. The number of Topliss-reactive ketones (excluding diaryl/α,β-unsaturated/α-hetero) is 1. The second-order valence-electron chi connectivity index (χ2n) is 3.40. The molecular weight excluding hydrogens is 256 g/mol. The quantitative estimate of drug-likeness (QED) is 0.784. The number of rotatable bonds is 2. The molecule has 3 nitrogen and oxygen atoms in total. The lowest BCUT2D eigenvalue weighted by Crippen LogP contribution is -1.96. The summed E-state index contributed by atoms with van der Waals surface area (Å²) in [4.78, 5) is 15.6. The van der Waals surface area contributed by atoms with Crippen LogP contribution < -0.4 is 0 Å². The summed E-state index contributed by atoms with van der Waals surface area (Å²) in [6.45, 7) is 3.62. The molecule has 0 aliphatic rings. The van der Waals surface area contributed by atoms with Gasteiger partial charge in [0.15, 0.2) is 5.78 Å². The van der Waals surface area contributed by atoms with Crippen LogP contribution in [-0.2, 0) is 6.42 Å². The highest BCUT2D eigenvalue weighted by atomic mass is 79.9. The monoisotopic (exact) mass is 266 g/mol. The Hall–Kier alpha value is -1.16. The van der Waals surface area contributed by atoms with Gasteiger partial charge in [-0.05, 0) is 35.0 Å². The number of hydrogen-bond acceptors (Lipinski definition) is 2. The molecule has 2 aromatic rings. The van der Waals surface area contributed by atoms with Gasteiger partial charge in [0.2, 0.25) is 0 Å². The maximum atomic E-state index is 11.2. The van der Waals surface area contributed by atoms with E-state index in [1.807, 2.05) is 22.7 Å². The number of aryl methyl sites for hydroxylation is 1. The Bertz CT molecular complexity index is 531. The van der Waals surface area contributed by atoms with Gasteiger partial charge in [-0.15, -0.1) is 0 Å². The van der Waals surface area contributed by atoms with Gasteiger partial charge in [0.1, 0.15) is 10.4 Å². The topological polar surface area (TPSA) is 34.4 Å². The van der Waals surface area contributed by atoms with Crippen molar-refractivity contribution in [2.75, 3.05) is 0 Å². The summed E-state index contributed by atoms with van der Waals surface area (Å²) in [5.74, 6) is 1.07. The summed E-state index contributed by atoms with van der Waals surface area (Å²) in [7, 11) is 0. The largest absolute Gasteiger partial charge is 0.302 e. The van der Waals surface area contributed by atoms with Crippen LogP contribution in [-0.4, -0.2) is 15.2 Å². The molecule has 2 heterocycles. The van der Waals surface area contributed by atoms with Crippen molar-refractivity contribution in [3.8, 4) is 0 Å². The van der Waals surface area contributed by atoms with Gasteiger partial charge < -0.3 is 4.40 Å². The van der Waals surface area contributed by atoms with Crippen molar-refractivity contribution in [3.05, 3.63) is 34.3 Å². The van der Waals surface area contributed by atoms with E-state index in [1.54, 1.807) is 6.92 Å². The summed E-state index contributed by atoms with van der Waals surface area (Å²) in [5, 5.41) is 0. The Morgan fingerprint density at radius 2 is 2.33 bits per heavy atom. The Balaban J connectivity index is 2.72. The van der Waals surface area contributed by atoms with Gasteiger partial charge in [0.25, 0.3) is 0 Å². The Morgan fingerprint density at radius 1 is 1.60 bits per heavy atom. The predicted molar refractivity (Wildman–Crippen MR) is 62.3 cm³/mol. The molecule has 0 radical (unpaired) electrons. The number of halogens is 1. The lowest BCUT2D eigenvalue weighted by Gasteiger charge is -2.00. The molecule has 0 amide bonds. The molecule has 78 valence electrons. The number of carbonyl (C=O) groups excluding carboxylic acids is 1. The zero-order chi connectivity index (χ0) is 11.0. The zero-order valence-corrected chi connectivity index (χ0v) is 10.2. The van der Waals surface area contributed by atoms with Crippen LogP contribution in [0.4, 0.5) is 0 Å². The van der Waals surface area contributed by atoms with E-state index in [0.717, 1.165) is 22.4 Å². The molecule has 0 N–H and O–H groups in total. The van der Waals surface area contributed by atoms with E-state index in [9.17, 15) is 4.79 Å². The molecule has 0 aliphatic carbocycles. The van der Waals surface area contributed by atoms with Crippen LogP contribution in [0.3, 0.4) is 0 Å². The second kappa shape index (κ2) is 3.77. The minimum atomic E-state index is 0.0728. The highest BCUT2D eigenvalue weighted by Crippen LogP contribution is 2.20. The molecule has 0 saturated heterocycles. The average molecular weight is 267 g/mol. The smallest absolute Gasteiger partial charge is 0.159 e. The zero-order valence-electron chi connectivity index (χ0n) is 8.62. The Morgan fingerprint density at radius 3 is 2.93 bits per heavy atom. The number of fused-ring (bicyclic) bond motifs is 1. The van der Waals surface area contributed by atoms with Crippen LogP contribution in [0.15, 0.2) is 22.9 Å². The third kappa shape index (κ3) is 1.69. The molecule has 4 heteroatoms. The van der Waals surface area contributed by atoms with Gasteiger partial charge in [-0.2, -0.15) is 0 Å². The van der Waals surface area contributed by atoms with E-state index < -0.39 is 0 Å². The number of nitrogens with zero attached hydrogens (tertiary/aromatic N) is 2. The number of hydrogen-bond donors (Lipinski definition) is 0. The van der Waals surface area contributed by atoms with Crippen LogP contribution in [0.25, 0.3) is 5.52 Å². The van der Waals surface area contributed by atoms with Crippen molar-refractivity contribution in [2.24, 2.45) is 0 Å². The summed E-state index contributed by atoms with van der Waals surface area (Å²) >= 11 is 3.40. The number of carbonyl (C=O) groups is 1. The van der Waals surface area contributed by atoms with E-state index in [-0.39, 0.29) is 5.78 Å². The van der Waals surface area contributed by atoms with Crippen molar-refractivity contribution in [1.29, 1.82) is 0 Å². The summed E-state index contributed by atoms with van der Waals surface area (Å²) in [6.07, 6.45) is 2.76. The SMILES string of the molecule is CCc1nc(Br)c2cc(C(C)=O)ccn12. The molecule has 2 rings (SSSR count). The number of aromatic nitrogens is 2. The van der Waals surface area contributed by atoms with Crippen LogP contribution in [0.5, 0.6) is 0 Å². The van der Waals surface area contributed by atoms with E-state index in [1.165, 1.54) is 0 Å². The van der Waals surface area contributed by atoms with Crippen LogP contribution >= 0.6 is 15.9 Å². The first-order valence-electron chi connectivity index (χ1n) is 4.81. The fraction of sp³-hybridized carbons (Fsp3) is 0.273. The van der Waals surface area contributed by atoms with E-state index >= 15 is 0 Å². The molecule has 0 unspecified atom stereocenters. The van der Waals surface area contributed by atoms with Crippen molar-refractivity contribution in [1.82, 2.24) is 9.38 Å². The molecule has 0 bridgehead atoms. The minimum Gasteiger partial charge on any atom is -0.302 e. The fourth-order valence-electron chi connectivity index (χ4n) is 1.58. The van der Waals surface area contributed by atoms with E-state index in [4.69, 9.17) is 0 Å². The maximum absolute atomic E-state index is 11.2. The average Bonchev–Trinajstić information content (AvgIpc) is 2.55. The van der Waals surface area contributed by atoms with Crippen LogP contribution in [0.1, 0.15) is 30.0 Å². The summed E-state index contributed by atoms with van der Waals surface area (Å²) < 4.78 is 2.79. The Labute approximate surface area is 96.3 Å². The first-order chi connectivity index (χ1) is 7.13.